The second-order valence-electron chi connectivity index (χ2n) is 2.77. The Morgan fingerprint density at radius 3 is 2.57 bits per heavy atom. The minimum absolute atomic E-state index is 0.511. The number of nitrogens with zero attached hydrogens (tertiary/aromatic N) is 1. The van der Waals surface area contributed by atoms with Gasteiger partial charge in [0.25, 0.3) is 0 Å². The number of hydrogen-bond donors (Lipinski definition) is 1. The fourth-order valence-corrected chi connectivity index (χ4v) is 2.06. The van der Waals surface area contributed by atoms with Gasteiger partial charge in [-0.1, -0.05) is 53.9 Å². The van der Waals surface area contributed by atoms with Gasteiger partial charge in [0.1, 0.15) is 0 Å². The quantitative estimate of drug-likeness (QED) is 0.750. The maximum atomic E-state index is 5.64. The molecule has 0 aliphatic rings. The van der Waals surface area contributed by atoms with Gasteiger partial charge in [-0.3, -0.25) is 0 Å². The van der Waals surface area contributed by atoms with E-state index in [4.69, 9.17) is 18.0 Å². The minimum Gasteiger partial charge on any atom is -0.375 e. The Morgan fingerprint density at radius 2 is 1.93 bits per heavy atom. The zero-order chi connectivity index (χ0) is 9.97. The van der Waals surface area contributed by atoms with E-state index in [0.29, 0.717) is 5.13 Å². The summed E-state index contributed by atoms with van der Waals surface area (Å²) in [5.74, 6) is 0. The molecular weight excluding hydrogens is 212 g/mol. The zero-order valence-corrected chi connectivity index (χ0v) is 8.94. The molecule has 0 unspecified atom stereocenters. The van der Waals surface area contributed by atoms with E-state index in [2.05, 4.69) is 4.98 Å². The highest BCUT2D eigenvalue weighted by molar-refractivity contribution is 7.73. The molecule has 2 aromatic rings. The van der Waals surface area contributed by atoms with Crippen molar-refractivity contribution in [2.45, 2.75) is 0 Å². The summed E-state index contributed by atoms with van der Waals surface area (Å²) in [6.45, 7) is 0. The summed E-state index contributed by atoms with van der Waals surface area (Å²) in [7, 11) is 0. The number of anilines is 1. The van der Waals surface area contributed by atoms with Crippen LogP contribution in [-0.4, -0.2) is 4.98 Å². The van der Waals surface area contributed by atoms with E-state index in [1.807, 2.05) is 36.4 Å². The van der Waals surface area contributed by atoms with E-state index in [0.717, 1.165) is 15.1 Å². The van der Waals surface area contributed by atoms with Crippen LogP contribution in [0.25, 0.3) is 11.3 Å². The number of aromatic nitrogens is 1. The highest BCUT2D eigenvalue weighted by atomic mass is 32.1. The standard InChI is InChI=1S/C10H8N2S2/c11-10-12-8(6-9(13)14-10)7-4-2-1-3-5-7/h1-6H,(H2,11,12). The molecule has 1 heterocycles. The van der Waals surface area contributed by atoms with Gasteiger partial charge in [0.15, 0.2) is 5.13 Å². The molecule has 0 atom stereocenters. The molecule has 0 saturated carbocycles. The van der Waals surface area contributed by atoms with E-state index in [1.54, 1.807) is 0 Å². The summed E-state index contributed by atoms with van der Waals surface area (Å²) in [5.41, 5.74) is 7.52. The van der Waals surface area contributed by atoms with E-state index in [-0.39, 0.29) is 0 Å². The van der Waals surface area contributed by atoms with Crippen molar-refractivity contribution in [3.05, 3.63) is 40.2 Å². The van der Waals surface area contributed by atoms with Crippen LogP contribution < -0.4 is 5.73 Å². The highest BCUT2D eigenvalue weighted by Gasteiger charge is 1.99. The Kier molecular flexibility index (Phi) is 2.56. The van der Waals surface area contributed by atoms with E-state index in [9.17, 15) is 0 Å². The molecule has 0 saturated heterocycles. The summed E-state index contributed by atoms with van der Waals surface area (Å²) in [4.78, 5) is 4.23. The Labute approximate surface area is 91.1 Å². The van der Waals surface area contributed by atoms with Crippen LogP contribution in [0.3, 0.4) is 0 Å². The largest absolute Gasteiger partial charge is 0.375 e. The molecule has 0 radical (unpaired) electrons. The maximum Gasteiger partial charge on any atom is 0.181 e. The molecule has 0 aliphatic carbocycles. The molecule has 4 heteroatoms. The molecule has 14 heavy (non-hydrogen) atoms. The molecule has 0 amide bonds. The summed E-state index contributed by atoms with van der Waals surface area (Å²) >= 11 is 6.41. The lowest BCUT2D eigenvalue weighted by Gasteiger charge is -2.00. The summed E-state index contributed by atoms with van der Waals surface area (Å²) in [6, 6.07) is 11.7. The molecular formula is C10H8N2S2. The van der Waals surface area contributed by atoms with Crippen LogP contribution in [0.5, 0.6) is 0 Å². The topological polar surface area (TPSA) is 38.9 Å². The van der Waals surface area contributed by atoms with Crippen LogP contribution in [0, 0.1) is 3.82 Å². The lowest BCUT2D eigenvalue weighted by Crippen LogP contribution is -1.89. The average molecular weight is 220 g/mol. The highest BCUT2D eigenvalue weighted by Crippen LogP contribution is 2.20. The van der Waals surface area contributed by atoms with Crippen LogP contribution in [0.15, 0.2) is 36.4 Å². The monoisotopic (exact) mass is 220 g/mol. The van der Waals surface area contributed by atoms with Crippen LogP contribution in [0.2, 0.25) is 0 Å². The fourth-order valence-electron chi connectivity index (χ4n) is 1.17. The van der Waals surface area contributed by atoms with E-state index in [1.165, 1.54) is 11.3 Å². The third kappa shape index (κ3) is 1.97. The first-order valence-corrected chi connectivity index (χ1v) is 5.31. The van der Waals surface area contributed by atoms with Crippen LogP contribution in [-0.2, 0) is 0 Å². The van der Waals surface area contributed by atoms with E-state index >= 15 is 0 Å². The van der Waals surface area contributed by atoms with E-state index < -0.39 is 0 Å². The first-order chi connectivity index (χ1) is 6.75. The lowest BCUT2D eigenvalue weighted by molar-refractivity contribution is 1.38. The normalized spacial score (nSPS) is 10.0. The van der Waals surface area contributed by atoms with Crippen molar-refractivity contribution >= 4 is 28.7 Å². The van der Waals surface area contributed by atoms with Crippen LogP contribution in [0.4, 0.5) is 5.13 Å². The minimum atomic E-state index is 0.511. The Hall–Kier alpha value is -1.26. The van der Waals surface area contributed by atoms with Gasteiger partial charge >= 0.3 is 0 Å². The van der Waals surface area contributed by atoms with Gasteiger partial charge < -0.3 is 5.73 Å². The first-order valence-electron chi connectivity index (χ1n) is 4.09. The predicted octanol–water partition coefficient (Wildman–Crippen LogP) is 3.12. The Morgan fingerprint density at radius 1 is 1.21 bits per heavy atom. The van der Waals surface area contributed by atoms with Crippen molar-refractivity contribution in [2.24, 2.45) is 0 Å². The molecule has 70 valence electrons. The molecule has 2 N–H and O–H groups in total. The van der Waals surface area contributed by atoms with Crippen molar-refractivity contribution in [2.75, 3.05) is 5.73 Å². The van der Waals surface area contributed by atoms with Gasteiger partial charge in [0.05, 0.1) is 9.52 Å². The van der Waals surface area contributed by atoms with Gasteiger partial charge in [0, 0.05) is 5.56 Å². The maximum absolute atomic E-state index is 5.64. The van der Waals surface area contributed by atoms with Gasteiger partial charge in [-0.15, -0.1) is 0 Å². The average Bonchev–Trinajstić information content (AvgIpc) is 2.18. The fraction of sp³-hybridized carbons (Fsp3) is 0. The number of nitrogen functional groups attached to an aromatic ring is 1. The molecule has 1 aromatic heterocycles. The summed E-state index contributed by atoms with van der Waals surface area (Å²) in [5, 5.41) is 0.511. The lowest BCUT2D eigenvalue weighted by atomic mass is 10.2. The third-order valence-corrected chi connectivity index (χ3v) is 2.75. The summed E-state index contributed by atoms with van der Waals surface area (Å²) in [6.07, 6.45) is 0. The Bertz CT molecular complexity index is 491. The molecule has 1 aromatic carbocycles. The zero-order valence-electron chi connectivity index (χ0n) is 7.31. The van der Waals surface area contributed by atoms with Crippen molar-refractivity contribution in [1.29, 1.82) is 0 Å². The van der Waals surface area contributed by atoms with Gasteiger partial charge in [-0.25, -0.2) is 4.98 Å². The van der Waals surface area contributed by atoms with Crippen molar-refractivity contribution in [1.82, 2.24) is 4.98 Å². The second-order valence-corrected chi connectivity index (χ2v) is 4.53. The number of hydrogen-bond acceptors (Lipinski definition) is 4. The van der Waals surface area contributed by atoms with Gasteiger partial charge in [0.2, 0.25) is 0 Å². The molecule has 2 nitrogen and oxygen atoms in total. The molecule has 2 rings (SSSR count). The molecule has 0 spiro atoms. The second kappa shape index (κ2) is 3.86. The third-order valence-electron chi connectivity index (χ3n) is 1.76. The van der Waals surface area contributed by atoms with Gasteiger partial charge in [-0.2, -0.15) is 0 Å². The smallest absolute Gasteiger partial charge is 0.181 e. The first kappa shape index (κ1) is 9.30. The Balaban J connectivity index is 2.58. The predicted molar refractivity (Wildman–Crippen MR) is 62.8 cm³/mol. The molecule has 0 aliphatic heterocycles. The van der Waals surface area contributed by atoms with Crippen LogP contribution >= 0.6 is 23.6 Å². The number of benzene rings is 1. The summed E-state index contributed by atoms with van der Waals surface area (Å²) < 4.78 is 0.761. The van der Waals surface area contributed by atoms with Crippen molar-refractivity contribution < 1.29 is 0 Å². The molecule has 0 bridgehead atoms. The molecule has 0 fully saturated rings. The SMILES string of the molecule is Nc1nc(-c2ccccc2)cc(=S)s1. The van der Waals surface area contributed by atoms with Crippen molar-refractivity contribution in [3.63, 3.8) is 0 Å². The van der Waals surface area contributed by atoms with Gasteiger partial charge in [-0.05, 0) is 6.07 Å². The van der Waals surface area contributed by atoms with Crippen LogP contribution in [0.1, 0.15) is 0 Å². The number of nitrogens with two attached hydrogens (primary N) is 1. The number of rotatable bonds is 1. The van der Waals surface area contributed by atoms with Crippen molar-refractivity contribution in [3.8, 4) is 11.3 Å².